The molecule has 0 saturated carbocycles. The van der Waals surface area contributed by atoms with E-state index in [0.29, 0.717) is 24.4 Å². The van der Waals surface area contributed by atoms with Gasteiger partial charge in [-0.1, -0.05) is 36.4 Å². The second kappa shape index (κ2) is 8.43. The van der Waals surface area contributed by atoms with E-state index in [2.05, 4.69) is 58.3 Å². The molecule has 0 spiro atoms. The minimum absolute atomic E-state index is 0.336. The largest absolute Gasteiger partial charge is 0.371 e. The van der Waals surface area contributed by atoms with Crippen molar-refractivity contribution in [3.63, 3.8) is 0 Å². The molecule has 0 aliphatic carbocycles. The predicted molar refractivity (Wildman–Crippen MR) is 119 cm³/mol. The van der Waals surface area contributed by atoms with Crippen LogP contribution in [-0.4, -0.2) is 77.0 Å². The minimum Gasteiger partial charge on any atom is -0.371 e. The molecule has 0 bridgehead atoms. The van der Waals surface area contributed by atoms with Crippen molar-refractivity contribution in [3.05, 3.63) is 59.7 Å². The lowest BCUT2D eigenvalue weighted by Gasteiger charge is -2.30. The fourth-order valence-corrected chi connectivity index (χ4v) is 4.24. The highest BCUT2D eigenvalue weighted by Gasteiger charge is 2.34. The first-order valence-corrected chi connectivity index (χ1v) is 11.4. The van der Waals surface area contributed by atoms with E-state index in [1.165, 1.54) is 22.5 Å². The van der Waals surface area contributed by atoms with Crippen molar-refractivity contribution < 1.29 is 18.9 Å². The zero-order valence-corrected chi connectivity index (χ0v) is 17.8. The fourth-order valence-electron chi connectivity index (χ4n) is 4.24. The maximum absolute atomic E-state index is 5.59. The summed E-state index contributed by atoms with van der Waals surface area (Å²) < 4.78 is 22.3. The Hall–Kier alpha value is -2.12. The molecular weight excluding hydrogens is 392 g/mol. The standard InChI is InChI=1S/C25H30N2O4/c1-2-4-18(5-3-1)8-19-6-7-20(26(10-21-14-28-21)11-22-15-29-22)9-25(19)27(12-23-16-30-23)13-24-17-31-24/h1-7,9,21-24H,8,10-17H2. The molecule has 4 fully saturated rings. The van der Waals surface area contributed by atoms with E-state index in [9.17, 15) is 0 Å². The van der Waals surface area contributed by atoms with Crippen molar-refractivity contribution >= 4 is 11.4 Å². The lowest BCUT2D eigenvalue weighted by molar-refractivity contribution is 0.388. The quantitative estimate of drug-likeness (QED) is 0.490. The van der Waals surface area contributed by atoms with Crippen molar-refractivity contribution in [2.75, 3.05) is 62.4 Å². The van der Waals surface area contributed by atoms with Gasteiger partial charge in [0, 0.05) is 37.6 Å². The zero-order valence-electron chi connectivity index (χ0n) is 17.8. The third-order valence-corrected chi connectivity index (χ3v) is 6.32. The molecule has 0 amide bonds. The van der Waals surface area contributed by atoms with Crippen molar-refractivity contribution in [2.24, 2.45) is 0 Å². The maximum atomic E-state index is 5.59. The lowest BCUT2D eigenvalue weighted by atomic mass is 10.0. The van der Waals surface area contributed by atoms with Gasteiger partial charge in [0.25, 0.3) is 0 Å². The number of nitrogens with zero attached hydrogens (tertiary/aromatic N) is 2. The van der Waals surface area contributed by atoms with E-state index >= 15 is 0 Å². The molecule has 4 aliphatic rings. The molecule has 0 N–H and O–H groups in total. The van der Waals surface area contributed by atoms with Crippen LogP contribution in [0.4, 0.5) is 11.4 Å². The van der Waals surface area contributed by atoms with Gasteiger partial charge in [0.2, 0.25) is 0 Å². The first kappa shape index (κ1) is 19.6. The van der Waals surface area contributed by atoms with Gasteiger partial charge >= 0.3 is 0 Å². The van der Waals surface area contributed by atoms with Crippen LogP contribution in [-0.2, 0) is 25.4 Å². The second-order valence-corrected chi connectivity index (χ2v) is 9.11. The van der Waals surface area contributed by atoms with E-state index in [1.807, 2.05) is 0 Å². The van der Waals surface area contributed by atoms with E-state index in [1.54, 1.807) is 0 Å². The molecule has 31 heavy (non-hydrogen) atoms. The SMILES string of the molecule is c1ccc(Cc2ccc(N(CC3CO3)CC3CO3)cc2N(CC2CO2)CC2CO2)cc1. The van der Waals surface area contributed by atoms with Crippen LogP contribution in [0, 0.1) is 0 Å². The van der Waals surface area contributed by atoms with Gasteiger partial charge in [-0.25, -0.2) is 0 Å². The summed E-state index contributed by atoms with van der Waals surface area (Å²) in [6.45, 7) is 7.14. The van der Waals surface area contributed by atoms with Crippen LogP contribution >= 0.6 is 0 Å². The molecule has 4 aliphatic heterocycles. The summed E-state index contributed by atoms with van der Waals surface area (Å²) in [5.74, 6) is 0. The number of ether oxygens (including phenoxy) is 4. The molecule has 6 rings (SSSR count). The summed E-state index contributed by atoms with van der Waals surface area (Å²) in [5.41, 5.74) is 5.22. The Labute approximate surface area is 183 Å². The Morgan fingerprint density at radius 3 is 1.68 bits per heavy atom. The van der Waals surface area contributed by atoms with Crippen molar-refractivity contribution in [1.82, 2.24) is 0 Å². The van der Waals surface area contributed by atoms with E-state index in [0.717, 1.165) is 59.0 Å². The molecule has 2 aromatic rings. The smallest absolute Gasteiger partial charge is 0.0984 e. The first-order chi connectivity index (χ1) is 15.3. The summed E-state index contributed by atoms with van der Waals surface area (Å²) in [4.78, 5) is 4.92. The van der Waals surface area contributed by atoms with E-state index in [-0.39, 0.29) is 0 Å². The number of benzene rings is 2. The Morgan fingerprint density at radius 1 is 0.645 bits per heavy atom. The Morgan fingerprint density at radius 2 is 1.16 bits per heavy atom. The molecule has 4 saturated heterocycles. The van der Waals surface area contributed by atoms with Gasteiger partial charge in [-0.15, -0.1) is 0 Å². The van der Waals surface area contributed by atoms with Gasteiger partial charge in [-0.2, -0.15) is 0 Å². The predicted octanol–water partition coefficient (Wildman–Crippen LogP) is 2.49. The van der Waals surface area contributed by atoms with Crippen LogP contribution in [0.25, 0.3) is 0 Å². The molecule has 164 valence electrons. The summed E-state index contributed by atoms with van der Waals surface area (Å²) in [6, 6.07) is 17.7. The number of rotatable bonds is 12. The van der Waals surface area contributed by atoms with Crippen LogP contribution in [0.3, 0.4) is 0 Å². The third kappa shape index (κ3) is 5.39. The molecule has 4 heterocycles. The van der Waals surface area contributed by atoms with Crippen LogP contribution in [0.5, 0.6) is 0 Å². The van der Waals surface area contributed by atoms with Gasteiger partial charge in [0.15, 0.2) is 0 Å². The van der Waals surface area contributed by atoms with Gasteiger partial charge in [0.1, 0.15) is 0 Å². The first-order valence-electron chi connectivity index (χ1n) is 11.4. The molecule has 0 radical (unpaired) electrons. The Bertz CT molecular complexity index is 864. The van der Waals surface area contributed by atoms with Crippen molar-refractivity contribution in [2.45, 2.75) is 30.8 Å². The number of hydrogen-bond donors (Lipinski definition) is 0. The summed E-state index contributed by atoms with van der Waals surface area (Å²) in [5, 5.41) is 0. The van der Waals surface area contributed by atoms with Crippen LogP contribution in [0.15, 0.2) is 48.5 Å². The highest BCUT2D eigenvalue weighted by molar-refractivity contribution is 5.65. The zero-order chi connectivity index (χ0) is 20.6. The average Bonchev–Trinajstić information content (AvgIpc) is 3.63. The van der Waals surface area contributed by atoms with Crippen LogP contribution in [0.1, 0.15) is 11.1 Å². The monoisotopic (exact) mass is 422 g/mol. The molecule has 6 heteroatoms. The third-order valence-electron chi connectivity index (χ3n) is 6.32. The Balaban J connectivity index is 1.32. The highest BCUT2D eigenvalue weighted by atomic mass is 16.6. The molecule has 2 aromatic carbocycles. The molecular formula is C25H30N2O4. The summed E-state index contributed by atoms with van der Waals surface area (Å²) >= 11 is 0. The van der Waals surface area contributed by atoms with E-state index in [4.69, 9.17) is 18.9 Å². The Kier molecular flexibility index (Phi) is 5.32. The van der Waals surface area contributed by atoms with E-state index < -0.39 is 0 Å². The highest BCUT2D eigenvalue weighted by Crippen LogP contribution is 2.33. The molecule has 4 unspecified atom stereocenters. The molecule has 0 aromatic heterocycles. The topological polar surface area (TPSA) is 56.6 Å². The number of epoxide rings is 4. The average molecular weight is 423 g/mol. The van der Waals surface area contributed by atoms with Gasteiger partial charge in [-0.05, 0) is 29.7 Å². The van der Waals surface area contributed by atoms with Crippen molar-refractivity contribution in [3.8, 4) is 0 Å². The summed E-state index contributed by atoms with van der Waals surface area (Å²) in [6.07, 6.45) is 2.29. The minimum atomic E-state index is 0.336. The molecule has 4 atom stereocenters. The van der Waals surface area contributed by atoms with Gasteiger partial charge in [0.05, 0.1) is 50.8 Å². The summed E-state index contributed by atoms with van der Waals surface area (Å²) in [7, 11) is 0. The van der Waals surface area contributed by atoms with Gasteiger partial charge in [-0.3, -0.25) is 0 Å². The maximum Gasteiger partial charge on any atom is 0.0984 e. The molecule has 6 nitrogen and oxygen atoms in total. The van der Waals surface area contributed by atoms with Crippen LogP contribution < -0.4 is 9.80 Å². The normalized spacial score (nSPS) is 27.6. The van der Waals surface area contributed by atoms with Crippen LogP contribution in [0.2, 0.25) is 0 Å². The fraction of sp³-hybridized carbons (Fsp3) is 0.520. The van der Waals surface area contributed by atoms with Gasteiger partial charge < -0.3 is 28.7 Å². The number of anilines is 2. The lowest BCUT2D eigenvalue weighted by Crippen LogP contribution is -2.34. The second-order valence-electron chi connectivity index (χ2n) is 9.11. The number of hydrogen-bond acceptors (Lipinski definition) is 6. The van der Waals surface area contributed by atoms with Crippen molar-refractivity contribution in [1.29, 1.82) is 0 Å².